The molecule has 0 aliphatic rings. The summed E-state index contributed by atoms with van der Waals surface area (Å²) in [7, 11) is 0. The molecule has 0 spiro atoms. The standard InChI is InChI=1S/C6H15GeNO2/c1-7(2,3)4-5(8)6(9)10/h5H,4,8H2,1-3H3,(H,9,10)/t5-/m1/s1. The molecule has 10 heavy (non-hydrogen) atoms. The molecular formula is C6H15GeNO2. The Morgan fingerprint density at radius 3 is 2.10 bits per heavy atom. The normalized spacial score (nSPS) is 14.8. The van der Waals surface area contributed by atoms with Crippen molar-refractivity contribution in [3.63, 3.8) is 0 Å². The van der Waals surface area contributed by atoms with Gasteiger partial charge in [0.1, 0.15) is 0 Å². The SMILES string of the molecule is [CH3][Ge]([CH3])([CH3])[CH2][C@@H](N)C(=O)O. The number of carboxylic acids is 1. The first-order chi connectivity index (χ1) is 4.33. The molecule has 0 rings (SSSR count). The van der Waals surface area contributed by atoms with Gasteiger partial charge >= 0.3 is 63.4 Å². The van der Waals surface area contributed by atoms with Gasteiger partial charge < -0.3 is 0 Å². The first-order valence-electron chi connectivity index (χ1n) is 3.31. The van der Waals surface area contributed by atoms with Crippen LogP contribution in [-0.4, -0.2) is 30.4 Å². The molecule has 0 amide bonds. The topological polar surface area (TPSA) is 63.3 Å². The van der Waals surface area contributed by atoms with Crippen molar-refractivity contribution in [3.05, 3.63) is 0 Å². The fourth-order valence-corrected chi connectivity index (χ4v) is 3.88. The van der Waals surface area contributed by atoms with E-state index in [9.17, 15) is 4.79 Å². The minimum absolute atomic E-state index is 0.639. The number of aliphatic carboxylic acids is 1. The third-order valence-corrected chi connectivity index (χ3v) is 4.64. The Labute approximate surface area is 64.0 Å². The number of rotatable bonds is 3. The van der Waals surface area contributed by atoms with Crippen molar-refractivity contribution in [2.75, 3.05) is 0 Å². The van der Waals surface area contributed by atoms with Gasteiger partial charge in [-0.15, -0.1) is 0 Å². The predicted octanol–water partition coefficient (Wildman–Crippen LogP) is 0.736. The Balaban J connectivity index is 3.80. The van der Waals surface area contributed by atoms with E-state index in [2.05, 4.69) is 17.3 Å². The molecule has 0 heterocycles. The van der Waals surface area contributed by atoms with Gasteiger partial charge in [-0.2, -0.15) is 0 Å². The number of nitrogens with two attached hydrogens (primary N) is 1. The Morgan fingerprint density at radius 2 is 2.00 bits per heavy atom. The van der Waals surface area contributed by atoms with Crippen molar-refractivity contribution >= 4 is 19.2 Å². The molecule has 0 bridgehead atoms. The van der Waals surface area contributed by atoms with Crippen LogP contribution >= 0.6 is 0 Å². The Bertz CT molecular complexity index is 130. The molecule has 0 saturated carbocycles. The van der Waals surface area contributed by atoms with Gasteiger partial charge in [0.2, 0.25) is 0 Å². The summed E-state index contributed by atoms with van der Waals surface area (Å²) in [5.41, 5.74) is 5.35. The van der Waals surface area contributed by atoms with Gasteiger partial charge in [-0.1, -0.05) is 0 Å². The average Bonchev–Trinajstić information content (AvgIpc) is 1.60. The zero-order valence-electron chi connectivity index (χ0n) is 6.72. The molecule has 4 heteroatoms. The Hall–Kier alpha value is -0.0271. The summed E-state index contributed by atoms with van der Waals surface area (Å²) in [5.74, 6) is 5.59. The van der Waals surface area contributed by atoms with E-state index < -0.39 is 25.3 Å². The van der Waals surface area contributed by atoms with Crippen LogP contribution in [0.15, 0.2) is 0 Å². The molecule has 0 aromatic rings. The number of carboxylic acid groups (broad SMARTS) is 1. The van der Waals surface area contributed by atoms with Crippen LogP contribution in [0.2, 0.25) is 22.5 Å². The third-order valence-electron chi connectivity index (χ3n) is 1.15. The summed E-state index contributed by atoms with van der Waals surface area (Å²) in [6.07, 6.45) is 0. The zero-order chi connectivity index (χ0) is 8.36. The van der Waals surface area contributed by atoms with E-state index in [-0.39, 0.29) is 0 Å². The second-order valence-electron chi connectivity index (χ2n) is 3.71. The van der Waals surface area contributed by atoms with E-state index in [0.29, 0.717) is 5.25 Å². The summed E-state index contributed by atoms with van der Waals surface area (Å²) in [4.78, 5) is 10.3. The molecule has 0 radical (unpaired) electrons. The molecule has 0 aromatic carbocycles. The molecule has 0 aliphatic heterocycles. The maximum atomic E-state index is 10.3. The van der Waals surface area contributed by atoms with Crippen LogP contribution in [0.3, 0.4) is 0 Å². The van der Waals surface area contributed by atoms with Crippen molar-refractivity contribution in [1.29, 1.82) is 0 Å². The second-order valence-corrected chi connectivity index (χ2v) is 15.3. The Kier molecular flexibility index (Phi) is 3.38. The summed E-state index contributed by atoms with van der Waals surface area (Å²) in [6.45, 7) is 0. The summed E-state index contributed by atoms with van der Waals surface area (Å²) >= 11 is -1.74. The van der Waals surface area contributed by atoms with Gasteiger partial charge in [-0.25, -0.2) is 0 Å². The molecule has 3 nitrogen and oxygen atoms in total. The fourth-order valence-electron chi connectivity index (χ4n) is 0.747. The van der Waals surface area contributed by atoms with Crippen molar-refractivity contribution in [2.24, 2.45) is 5.73 Å². The first kappa shape index (κ1) is 9.97. The predicted molar refractivity (Wildman–Crippen MR) is 43.8 cm³/mol. The zero-order valence-corrected chi connectivity index (χ0v) is 8.82. The van der Waals surface area contributed by atoms with Gasteiger partial charge in [-0.3, -0.25) is 0 Å². The average molecular weight is 206 g/mol. The summed E-state index contributed by atoms with van der Waals surface area (Å²) in [6, 6.07) is -0.639. The van der Waals surface area contributed by atoms with Crippen molar-refractivity contribution < 1.29 is 9.90 Å². The van der Waals surface area contributed by atoms with Crippen molar-refractivity contribution in [1.82, 2.24) is 0 Å². The summed E-state index contributed by atoms with van der Waals surface area (Å²) in [5, 5.41) is 9.15. The third kappa shape index (κ3) is 4.81. The van der Waals surface area contributed by atoms with Crippen LogP contribution in [0.4, 0.5) is 0 Å². The molecule has 0 fully saturated rings. The van der Waals surface area contributed by atoms with E-state index in [1.807, 2.05) is 0 Å². The van der Waals surface area contributed by atoms with E-state index >= 15 is 0 Å². The van der Waals surface area contributed by atoms with Crippen molar-refractivity contribution in [2.45, 2.75) is 28.6 Å². The van der Waals surface area contributed by atoms with Crippen LogP contribution in [0, 0.1) is 0 Å². The van der Waals surface area contributed by atoms with E-state index in [1.165, 1.54) is 0 Å². The van der Waals surface area contributed by atoms with Gasteiger partial charge in [0.15, 0.2) is 0 Å². The van der Waals surface area contributed by atoms with Crippen LogP contribution in [0.5, 0.6) is 0 Å². The molecule has 1 atom stereocenters. The monoisotopic (exact) mass is 207 g/mol. The molecule has 0 aromatic heterocycles. The van der Waals surface area contributed by atoms with Gasteiger partial charge in [-0.05, 0) is 0 Å². The van der Waals surface area contributed by atoms with Crippen molar-refractivity contribution in [3.8, 4) is 0 Å². The molecule has 0 unspecified atom stereocenters. The fraction of sp³-hybridized carbons (Fsp3) is 0.833. The number of hydrogen-bond acceptors (Lipinski definition) is 2. The van der Waals surface area contributed by atoms with Crippen LogP contribution in [-0.2, 0) is 4.79 Å². The molecule has 0 aliphatic carbocycles. The second kappa shape index (κ2) is 3.39. The number of hydrogen-bond donors (Lipinski definition) is 2. The molecular weight excluding hydrogens is 191 g/mol. The minimum atomic E-state index is -1.74. The van der Waals surface area contributed by atoms with Gasteiger partial charge in [0, 0.05) is 0 Å². The molecule has 0 saturated heterocycles. The van der Waals surface area contributed by atoms with Gasteiger partial charge in [0.05, 0.1) is 0 Å². The molecule has 3 N–H and O–H groups in total. The quantitative estimate of drug-likeness (QED) is 0.669. The van der Waals surface area contributed by atoms with E-state index in [4.69, 9.17) is 10.8 Å². The first-order valence-corrected chi connectivity index (χ1v) is 11.1. The maximum absolute atomic E-state index is 10.3. The molecule has 60 valence electrons. The van der Waals surface area contributed by atoms with Crippen LogP contribution in [0.1, 0.15) is 0 Å². The summed E-state index contributed by atoms with van der Waals surface area (Å²) < 4.78 is 0. The van der Waals surface area contributed by atoms with E-state index in [1.54, 1.807) is 0 Å². The van der Waals surface area contributed by atoms with Crippen LogP contribution in [0.25, 0.3) is 0 Å². The van der Waals surface area contributed by atoms with Gasteiger partial charge in [0.25, 0.3) is 0 Å². The van der Waals surface area contributed by atoms with E-state index in [0.717, 1.165) is 0 Å². The Morgan fingerprint density at radius 1 is 1.60 bits per heavy atom. The number of carbonyl (C=O) groups is 1. The van der Waals surface area contributed by atoms with Crippen LogP contribution < -0.4 is 5.73 Å².